The average molecular weight is 489 g/mol. The summed E-state index contributed by atoms with van der Waals surface area (Å²) < 4.78 is 19.3. The van der Waals surface area contributed by atoms with Crippen molar-refractivity contribution < 1.29 is 13.9 Å². The van der Waals surface area contributed by atoms with Crippen molar-refractivity contribution >= 4 is 29.2 Å². The Hall–Kier alpha value is -4.11. The van der Waals surface area contributed by atoms with Crippen LogP contribution in [0.1, 0.15) is 16.8 Å². The van der Waals surface area contributed by atoms with E-state index in [1.165, 1.54) is 36.7 Å². The molecule has 0 saturated carbocycles. The molecule has 0 spiro atoms. The third-order valence-electron chi connectivity index (χ3n) is 5.41. The Bertz CT molecular complexity index is 1420. The van der Waals surface area contributed by atoms with Crippen LogP contribution in [-0.4, -0.2) is 28.2 Å². The Morgan fingerprint density at radius 1 is 1.06 bits per heavy atom. The van der Waals surface area contributed by atoms with Crippen LogP contribution in [0.15, 0.2) is 82.9 Å². The van der Waals surface area contributed by atoms with Crippen molar-refractivity contribution in [2.75, 3.05) is 22.9 Å². The van der Waals surface area contributed by atoms with Gasteiger partial charge in [0.15, 0.2) is 0 Å². The van der Waals surface area contributed by atoms with Gasteiger partial charge in [0.25, 0.3) is 5.91 Å². The molecule has 1 amide bonds. The highest BCUT2D eigenvalue weighted by Gasteiger charge is 2.17. The first-order chi connectivity index (χ1) is 17.1. The van der Waals surface area contributed by atoms with Crippen LogP contribution in [0.5, 0.6) is 11.5 Å². The normalized spacial score (nSPS) is 12.7. The molecule has 0 fully saturated rings. The number of anilines is 2. The minimum atomic E-state index is -0.550. The van der Waals surface area contributed by atoms with Crippen LogP contribution in [0, 0.1) is 5.82 Å². The summed E-state index contributed by atoms with van der Waals surface area (Å²) in [4.78, 5) is 33.9. The molecule has 0 radical (unpaired) electrons. The number of halogens is 1. The number of fused-ring (bicyclic) bond motifs is 1. The first-order valence-corrected chi connectivity index (χ1v) is 12.0. The number of nitrogens with one attached hydrogen (secondary N) is 3. The maximum absolute atomic E-state index is 13.2. The summed E-state index contributed by atoms with van der Waals surface area (Å²) in [5.41, 5.74) is 0.823. The van der Waals surface area contributed by atoms with Gasteiger partial charge in [-0.3, -0.25) is 9.59 Å². The van der Waals surface area contributed by atoms with E-state index in [1.54, 1.807) is 42.2 Å². The van der Waals surface area contributed by atoms with Crippen LogP contribution < -0.4 is 20.8 Å². The van der Waals surface area contributed by atoms with E-state index in [-0.39, 0.29) is 11.1 Å². The van der Waals surface area contributed by atoms with Gasteiger partial charge in [0.2, 0.25) is 5.43 Å². The number of aromatic nitrogens is 2. The highest BCUT2D eigenvalue weighted by Crippen LogP contribution is 2.39. The molecule has 176 valence electrons. The number of rotatable bonds is 5. The number of amides is 1. The number of carbonyl (C=O) groups excluding carboxylic acids is 1. The van der Waals surface area contributed by atoms with Gasteiger partial charge in [-0.25, -0.2) is 9.37 Å². The zero-order valence-electron chi connectivity index (χ0n) is 18.5. The summed E-state index contributed by atoms with van der Waals surface area (Å²) in [6, 6.07) is 14.3. The van der Waals surface area contributed by atoms with Gasteiger partial charge in [-0.2, -0.15) is 0 Å². The molecule has 0 bridgehead atoms. The molecular weight excluding hydrogens is 467 g/mol. The second-order valence-corrected chi connectivity index (χ2v) is 8.92. The summed E-state index contributed by atoms with van der Waals surface area (Å²) in [6.07, 6.45) is 5.60. The van der Waals surface area contributed by atoms with Crippen LogP contribution in [0.2, 0.25) is 0 Å². The fourth-order valence-electron chi connectivity index (χ4n) is 3.66. The molecule has 0 unspecified atom stereocenters. The molecule has 1 aliphatic rings. The maximum atomic E-state index is 13.2. The molecule has 3 heterocycles. The third-order valence-corrected chi connectivity index (χ3v) is 6.59. The zero-order chi connectivity index (χ0) is 24.2. The van der Waals surface area contributed by atoms with Gasteiger partial charge < -0.3 is 20.4 Å². The number of pyridine rings is 2. The standard InChI is InChI=1S/C26H21FN4O3S/c27-17-4-2-16(3-5-17)20-14-28-15-21(23(20)32)26(33)31-18-6-8-19(9-7-18)34-22-10-12-30-25-24(22)35-13-1-11-29-25/h2-10,12,14-15H,1,11,13H2,(H,28,32)(H,29,30)(H,31,33). The van der Waals surface area contributed by atoms with Crippen molar-refractivity contribution in [1.82, 2.24) is 9.97 Å². The number of H-pyrrole nitrogens is 1. The SMILES string of the molecule is O=C(Nc1ccc(Oc2ccnc3c2SCCCN3)cc1)c1c[nH]cc(-c2ccc(F)cc2)c1=O. The molecule has 35 heavy (non-hydrogen) atoms. The van der Waals surface area contributed by atoms with E-state index in [1.807, 2.05) is 6.07 Å². The van der Waals surface area contributed by atoms with E-state index < -0.39 is 17.2 Å². The molecule has 0 saturated heterocycles. The van der Waals surface area contributed by atoms with Gasteiger partial charge in [0, 0.05) is 42.5 Å². The molecule has 0 aliphatic carbocycles. The number of nitrogens with zero attached hydrogens (tertiary/aromatic N) is 1. The van der Waals surface area contributed by atoms with Crippen LogP contribution in [0.25, 0.3) is 11.1 Å². The number of hydrogen-bond acceptors (Lipinski definition) is 6. The predicted molar refractivity (Wildman–Crippen MR) is 135 cm³/mol. The number of hydrogen-bond donors (Lipinski definition) is 3. The largest absolute Gasteiger partial charge is 0.456 e. The average Bonchev–Trinajstić information content (AvgIpc) is 3.12. The second-order valence-electron chi connectivity index (χ2n) is 7.81. The third kappa shape index (κ3) is 5.04. The van der Waals surface area contributed by atoms with Crippen LogP contribution >= 0.6 is 11.8 Å². The molecule has 2 aromatic carbocycles. The number of ether oxygens (including phenoxy) is 1. The first kappa shape index (κ1) is 22.7. The van der Waals surface area contributed by atoms with Gasteiger partial charge in [-0.05, 0) is 54.1 Å². The quantitative estimate of drug-likeness (QED) is 0.342. The van der Waals surface area contributed by atoms with E-state index in [0.29, 0.717) is 17.0 Å². The van der Waals surface area contributed by atoms with Crippen molar-refractivity contribution in [1.29, 1.82) is 0 Å². The van der Waals surface area contributed by atoms with Crippen LogP contribution in [0.4, 0.5) is 15.9 Å². The summed E-state index contributed by atoms with van der Waals surface area (Å²) in [7, 11) is 0. The van der Waals surface area contributed by atoms with E-state index in [9.17, 15) is 14.0 Å². The van der Waals surface area contributed by atoms with Gasteiger partial charge in [-0.1, -0.05) is 12.1 Å². The van der Waals surface area contributed by atoms with E-state index in [4.69, 9.17) is 4.74 Å². The highest BCUT2D eigenvalue weighted by molar-refractivity contribution is 7.99. The van der Waals surface area contributed by atoms with Crippen LogP contribution in [0.3, 0.4) is 0 Å². The molecule has 1 aliphatic heterocycles. The minimum absolute atomic E-state index is 0.0452. The lowest BCUT2D eigenvalue weighted by atomic mass is 10.0. The van der Waals surface area contributed by atoms with Crippen molar-refractivity contribution in [2.45, 2.75) is 11.3 Å². The Morgan fingerprint density at radius 2 is 1.86 bits per heavy atom. The molecule has 7 nitrogen and oxygen atoms in total. The molecule has 2 aromatic heterocycles. The lowest BCUT2D eigenvalue weighted by molar-refractivity contribution is 0.102. The minimum Gasteiger partial charge on any atom is -0.456 e. The molecule has 4 aromatic rings. The Morgan fingerprint density at radius 3 is 2.66 bits per heavy atom. The maximum Gasteiger partial charge on any atom is 0.261 e. The summed E-state index contributed by atoms with van der Waals surface area (Å²) >= 11 is 1.71. The monoisotopic (exact) mass is 488 g/mol. The first-order valence-electron chi connectivity index (χ1n) is 11.0. The lowest BCUT2D eigenvalue weighted by Gasteiger charge is -2.13. The molecule has 3 N–H and O–H groups in total. The molecule has 9 heteroatoms. The smallest absolute Gasteiger partial charge is 0.261 e. The van der Waals surface area contributed by atoms with E-state index in [0.717, 1.165) is 35.2 Å². The Balaban J connectivity index is 1.31. The summed E-state index contributed by atoms with van der Waals surface area (Å²) in [5, 5.41) is 6.05. The fraction of sp³-hybridized carbons (Fsp3) is 0.115. The van der Waals surface area contributed by atoms with Gasteiger partial charge >= 0.3 is 0 Å². The number of aromatic amines is 1. The highest BCUT2D eigenvalue weighted by atomic mass is 32.2. The number of thioether (sulfide) groups is 1. The summed E-state index contributed by atoms with van der Waals surface area (Å²) in [6.45, 7) is 0.875. The van der Waals surface area contributed by atoms with Crippen molar-refractivity contribution in [3.63, 3.8) is 0 Å². The van der Waals surface area contributed by atoms with Gasteiger partial charge in [0.1, 0.15) is 28.7 Å². The Kier molecular flexibility index (Phi) is 6.49. The zero-order valence-corrected chi connectivity index (χ0v) is 19.3. The molecule has 0 atom stereocenters. The van der Waals surface area contributed by atoms with Crippen LogP contribution in [-0.2, 0) is 0 Å². The fourth-order valence-corrected chi connectivity index (χ4v) is 4.66. The number of carbonyl (C=O) groups is 1. The number of benzene rings is 2. The molecular formula is C26H21FN4O3S. The summed E-state index contributed by atoms with van der Waals surface area (Å²) in [5.74, 6) is 2.18. The van der Waals surface area contributed by atoms with Gasteiger partial charge in [-0.15, -0.1) is 11.8 Å². The van der Waals surface area contributed by atoms with Crippen molar-refractivity contribution in [3.05, 3.63) is 94.8 Å². The Labute approximate surface area is 204 Å². The predicted octanol–water partition coefficient (Wildman–Crippen LogP) is 5.53. The molecule has 5 rings (SSSR count). The second kappa shape index (κ2) is 10.0. The van der Waals surface area contributed by atoms with Gasteiger partial charge in [0.05, 0.1) is 4.90 Å². The lowest BCUT2D eigenvalue weighted by Crippen LogP contribution is -2.22. The van der Waals surface area contributed by atoms with Crippen molar-refractivity contribution in [3.8, 4) is 22.6 Å². The van der Waals surface area contributed by atoms with Crippen molar-refractivity contribution in [2.24, 2.45) is 0 Å². The van der Waals surface area contributed by atoms with E-state index in [2.05, 4.69) is 20.6 Å². The topological polar surface area (TPSA) is 96.1 Å². The van der Waals surface area contributed by atoms with E-state index >= 15 is 0 Å².